The van der Waals surface area contributed by atoms with Crippen LogP contribution < -0.4 is 0 Å². The molecule has 0 radical (unpaired) electrons. The topological polar surface area (TPSA) is 18.5 Å². The summed E-state index contributed by atoms with van der Waals surface area (Å²) in [6, 6.07) is 0. The van der Waals surface area contributed by atoms with Gasteiger partial charge in [0.05, 0.1) is 0 Å². The van der Waals surface area contributed by atoms with Gasteiger partial charge < -0.3 is 9.47 Å². The fourth-order valence-electron chi connectivity index (χ4n) is 1.71. The highest BCUT2D eigenvalue weighted by atomic mass is 16.7. The van der Waals surface area contributed by atoms with E-state index in [2.05, 4.69) is 40.3 Å². The number of rotatable bonds is 4. The molecule has 0 fully saturated rings. The Morgan fingerprint density at radius 2 is 1.93 bits per heavy atom. The molecule has 0 aliphatic carbocycles. The molecule has 1 atom stereocenters. The largest absolute Gasteiger partial charge is 0.458 e. The molecular formula is C13H22O2. The highest BCUT2D eigenvalue weighted by Gasteiger charge is 2.19. The summed E-state index contributed by atoms with van der Waals surface area (Å²) >= 11 is 0. The molecule has 1 rings (SSSR count). The van der Waals surface area contributed by atoms with Crippen molar-refractivity contribution in [2.45, 2.75) is 46.6 Å². The molecule has 1 aliphatic rings. The van der Waals surface area contributed by atoms with Gasteiger partial charge >= 0.3 is 0 Å². The third kappa shape index (κ3) is 4.41. The Hall–Kier alpha value is -0.920. The standard InChI is InChI=1S/C13H22O2/c1-9(2)6-12-8-13(7-10(3)4)15-11(5)14-12/h8-10,12H,5-7H2,1-4H3. The van der Waals surface area contributed by atoms with Gasteiger partial charge in [0.25, 0.3) is 5.95 Å². The van der Waals surface area contributed by atoms with E-state index in [9.17, 15) is 0 Å². The molecule has 1 heterocycles. The van der Waals surface area contributed by atoms with Crippen molar-refractivity contribution in [3.8, 4) is 0 Å². The van der Waals surface area contributed by atoms with Gasteiger partial charge in [0.15, 0.2) is 0 Å². The van der Waals surface area contributed by atoms with Crippen molar-refractivity contribution in [1.29, 1.82) is 0 Å². The van der Waals surface area contributed by atoms with E-state index in [0.717, 1.165) is 18.6 Å². The first-order valence-electron chi connectivity index (χ1n) is 5.71. The molecule has 0 aromatic rings. The first-order valence-corrected chi connectivity index (χ1v) is 5.71. The van der Waals surface area contributed by atoms with Crippen molar-refractivity contribution in [2.75, 3.05) is 0 Å². The summed E-state index contributed by atoms with van der Waals surface area (Å²) < 4.78 is 11.0. The Balaban J connectivity index is 2.61. The molecule has 0 N–H and O–H groups in total. The first kappa shape index (κ1) is 12.2. The van der Waals surface area contributed by atoms with Gasteiger partial charge in [-0.1, -0.05) is 27.7 Å². The summed E-state index contributed by atoms with van der Waals surface area (Å²) in [5, 5.41) is 0. The molecule has 0 aromatic heterocycles. The molecule has 1 aliphatic heterocycles. The molecule has 2 nitrogen and oxygen atoms in total. The molecule has 2 heteroatoms. The average Bonchev–Trinajstić information content (AvgIpc) is 1.98. The van der Waals surface area contributed by atoms with Crippen LogP contribution in [-0.4, -0.2) is 6.10 Å². The second kappa shape index (κ2) is 5.24. The number of allylic oxidation sites excluding steroid dienone is 1. The summed E-state index contributed by atoms with van der Waals surface area (Å²) in [6.07, 6.45) is 4.20. The van der Waals surface area contributed by atoms with E-state index in [1.165, 1.54) is 0 Å². The summed E-state index contributed by atoms with van der Waals surface area (Å²) in [4.78, 5) is 0. The van der Waals surface area contributed by atoms with Crippen molar-refractivity contribution in [3.05, 3.63) is 24.4 Å². The minimum atomic E-state index is 0.139. The van der Waals surface area contributed by atoms with E-state index < -0.39 is 0 Å². The Morgan fingerprint density at radius 1 is 1.27 bits per heavy atom. The van der Waals surface area contributed by atoms with Crippen LogP contribution in [0.2, 0.25) is 0 Å². The maximum atomic E-state index is 5.52. The highest BCUT2D eigenvalue weighted by Crippen LogP contribution is 2.25. The smallest absolute Gasteiger partial charge is 0.277 e. The zero-order valence-corrected chi connectivity index (χ0v) is 10.2. The lowest BCUT2D eigenvalue weighted by atomic mass is 10.0. The number of ether oxygens (including phenoxy) is 2. The van der Waals surface area contributed by atoms with Gasteiger partial charge in [-0.2, -0.15) is 0 Å². The number of hydrogen-bond donors (Lipinski definition) is 0. The van der Waals surface area contributed by atoms with E-state index >= 15 is 0 Å². The lowest BCUT2D eigenvalue weighted by Crippen LogP contribution is -2.19. The summed E-state index contributed by atoms with van der Waals surface area (Å²) in [7, 11) is 0. The molecule has 0 aromatic carbocycles. The summed E-state index contributed by atoms with van der Waals surface area (Å²) in [6.45, 7) is 12.5. The first-order chi connectivity index (χ1) is 6.97. The van der Waals surface area contributed by atoms with Crippen LogP contribution in [0.4, 0.5) is 0 Å². The molecular weight excluding hydrogens is 188 g/mol. The van der Waals surface area contributed by atoms with Gasteiger partial charge in [0.1, 0.15) is 11.9 Å². The monoisotopic (exact) mass is 210 g/mol. The fraction of sp³-hybridized carbons (Fsp3) is 0.692. The Morgan fingerprint density at radius 3 is 2.47 bits per heavy atom. The van der Waals surface area contributed by atoms with Gasteiger partial charge in [0.2, 0.25) is 0 Å². The van der Waals surface area contributed by atoms with Gasteiger partial charge in [-0.05, 0) is 30.9 Å². The SMILES string of the molecule is C=C1OC(CC(C)C)=CC(CC(C)C)O1. The second-order valence-corrected chi connectivity index (χ2v) is 4.99. The fourth-order valence-corrected chi connectivity index (χ4v) is 1.71. The average molecular weight is 210 g/mol. The molecule has 0 amide bonds. The van der Waals surface area contributed by atoms with Crippen LogP contribution in [0.1, 0.15) is 40.5 Å². The van der Waals surface area contributed by atoms with E-state index in [4.69, 9.17) is 9.47 Å². The molecule has 86 valence electrons. The van der Waals surface area contributed by atoms with Gasteiger partial charge in [-0.15, -0.1) is 0 Å². The van der Waals surface area contributed by atoms with Crippen LogP contribution in [-0.2, 0) is 9.47 Å². The highest BCUT2D eigenvalue weighted by molar-refractivity contribution is 5.06. The van der Waals surface area contributed by atoms with E-state index in [1.54, 1.807) is 0 Å². The third-order valence-corrected chi connectivity index (χ3v) is 2.21. The third-order valence-electron chi connectivity index (χ3n) is 2.21. The summed E-state index contributed by atoms with van der Waals surface area (Å²) in [5.74, 6) is 2.67. The minimum Gasteiger partial charge on any atom is -0.458 e. The quantitative estimate of drug-likeness (QED) is 0.701. The lowest BCUT2D eigenvalue weighted by molar-refractivity contribution is 0.00368. The second-order valence-electron chi connectivity index (χ2n) is 4.99. The lowest BCUT2D eigenvalue weighted by Gasteiger charge is -2.26. The molecule has 0 saturated heterocycles. The molecule has 15 heavy (non-hydrogen) atoms. The van der Waals surface area contributed by atoms with Gasteiger partial charge in [-0.25, -0.2) is 0 Å². The molecule has 0 spiro atoms. The molecule has 0 saturated carbocycles. The predicted octanol–water partition coefficient (Wildman–Crippen LogP) is 3.85. The van der Waals surface area contributed by atoms with Gasteiger partial charge in [0, 0.05) is 6.42 Å². The Kier molecular flexibility index (Phi) is 4.25. The van der Waals surface area contributed by atoms with Crippen molar-refractivity contribution in [3.63, 3.8) is 0 Å². The van der Waals surface area contributed by atoms with Crippen molar-refractivity contribution < 1.29 is 9.47 Å². The van der Waals surface area contributed by atoms with Gasteiger partial charge in [-0.3, -0.25) is 0 Å². The van der Waals surface area contributed by atoms with Crippen molar-refractivity contribution in [2.24, 2.45) is 11.8 Å². The van der Waals surface area contributed by atoms with Crippen LogP contribution >= 0.6 is 0 Å². The van der Waals surface area contributed by atoms with Crippen LogP contribution in [0.15, 0.2) is 24.4 Å². The number of hydrogen-bond acceptors (Lipinski definition) is 2. The van der Waals surface area contributed by atoms with Crippen LogP contribution in [0.25, 0.3) is 0 Å². The van der Waals surface area contributed by atoms with Crippen LogP contribution in [0, 0.1) is 11.8 Å². The van der Waals surface area contributed by atoms with Crippen LogP contribution in [0.5, 0.6) is 0 Å². The maximum absolute atomic E-state index is 5.52. The Bertz CT molecular complexity index is 251. The summed E-state index contributed by atoms with van der Waals surface area (Å²) in [5.41, 5.74) is 0. The normalized spacial score (nSPS) is 21.3. The van der Waals surface area contributed by atoms with Crippen molar-refractivity contribution >= 4 is 0 Å². The minimum absolute atomic E-state index is 0.139. The Labute approximate surface area is 93.0 Å². The maximum Gasteiger partial charge on any atom is 0.277 e. The van der Waals surface area contributed by atoms with E-state index in [0.29, 0.717) is 17.8 Å². The van der Waals surface area contributed by atoms with Crippen molar-refractivity contribution in [1.82, 2.24) is 0 Å². The van der Waals surface area contributed by atoms with Crippen LogP contribution in [0.3, 0.4) is 0 Å². The molecule has 1 unspecified atom stereocenters. The zero-order chi connectivity index (χ0) is 11.4. The van der Waals surface area contributed by atoms with E-state index in [1.807, 2.05) is 0 Å². The molecule has 0 bridgehead atoms. The predicted molar refractivity (Wildman–Crippen MR) is 62.1 cm³/mol. The van der Waals surface area contributed by atoms with E-state index in [-0.39, 0.29) is 6.10 Å². The zero-order valence-electron chi connectivity index (χ0n) is 10.2.